The van der Waals surface area contributed by atoms with E-state index in [-0.39, 0.29) is 12.0 Å². The maximum atomic E-state index is 11.6. The van der Waals surface area contributed by atoms with Gasteiger partial charge in [0.1, 0.15) is 12.6 Å². The van der Waals surface area contributed by atoms with E-state index in [1.165, 1.54) is 0 Å². The van der Waals surface area contributed by atoms with Crippen molar-refractivity contribution in [1.82, 2.24) is 5.32 Å². The van der Waals surface area contributed by atoms with Gasteiger partial charge in [-0.2, -0.15) is 0 Å². The normalized spacial score (nSPS) is 17.9. The molecule has 0 amide bonds. The molecule has 1 atom stereocenters. The van der Waals surface area contributed by atoms with Gasteiger partial charge in [0, 0.05) is 0 Å². The van der Waals surface area contributed by atoms with Gasteiger partial charge in [-0.05, 0) is 17.8 Å². The minimum Gasteiger partial charge on any atom is -0.459 e. The highest BCUT2D eigenvalue weighted by Gasteiger charge is 2.15. The number of carbonyl (C=O) groups is 1. The predicted molar refractivity (Wildman–Crippen MR) is 61.4 cm³/mol. The molecule has 3 heteroatoms. The van der Waals surface area contributed by atoms with Gasteiger partial charge in [-0.15, -0.1) is 0 Å². The Bertz CT molecular complexity index is 409. The minimum absolute atomic E-state index is 0.260. The third kappa shape index (κ3) is 2.73. The second-order valence-electron chi connectivity index (χ2n) is 3.48. The van der Waals surface area contributed by atoms with Gasteiger partial charge < -0.3 is 10.1 Å². The predicted octanol–water partition coefficient (Wildman–Crippen LogP) is 1.77. The molecule has 2 rings (SSSR count). The maximum absolute atomic E-state index is 11.6. The lowest BCUT2D eigenvalue weighted by Crippen LogP contribution is -2.33. The molecule has 1 aromatic carbocycles. The highest BCUT2D eigenvalue weighted by molar-refractivity contribution is 5.78. The van der Waals surface area contributed by atoms with E-state index in [9.17, 15) is 4.79 Å². The number of rotatable bonds is 3. The fourth-order valence-electron chi connectivity index (χ4n) is 1.41. The summed E-state index contributed by atoms with van der Waals surface area (Å²) in [6.45, 7) is 0.315. The standard InChI is InChI=1S/C13H13NO2/c15-13(12-8-4-5-9-14-12)16-10-11-6-2-1-3-7-11/h1-9,12,14H,10H2. The van der Waals surface area contributed by atoms with Gasteiger partial charge in [0.25, 0.3) is 0 Å². The van der Waals surface area contributed by atoms with Crippen LogP contribution in [0.2, 0.25) is 0 Å². The summed E-state index contributed by atoms with van der Waals surface area (Å²) in [7, 11) is 0. The van der Waals surface area contributed by atoms with Gasteiger partial charge in [0.15, 0.2) is 0 Å². The zero-order chi connectivity index (χ0) is 11.2. The number of nitrogens with one attached hydrogen (secondary N) is 1. The van der Waals surface area contributed by atoms with Crippen molar-refractivity contribution in [1.29, 1.82) is 0 Å². The van der Waals surface area contributed by atoms with Crippen LogP contribution in [0.15, 0.2) is 54.8 Å². The first-order chi connectivity index (χ1) is 7.86. The van der Waals surface area contributed by atoms with Crippen molar-refractivity contribution in [3.8, 4) is 0 Å². The lowest BCUT2D eigenvalue weighted by molar-refractivity contribution is -0.145. The lowest BCUT2D eigenvalue weighted by atomic mass is 10.2. The van der Waals surface area contributed by atoms with Crippen LogP contribution in [-0.4, -0.2) is 12.0 Å². The van der Waals surface area contributed by atoms with Gasteiger partial charge in [0.2, 0.25) is 0 Å². The molecular weight excluding hydrogens is 202 g/mol. The van der Waals surface area contributed by atoms with Crippen molar-refractivity contribution >= 4 is 5.97 Å². The zero-order valence-electron chi connectivity index (χ0n) is 8.80. The fourth-order valence-corrected chi connectivity index (χ4v) is 1.41. The van der Waals surface area contributed by atoms with Crippen molar-refractivity contribution in [3.05, 3.63) is 60.3 Å². The van der Waals surface area contributed by atoms with Gasteiger partial charge in [-0.3, -0.25) is 0 Å². The third-order valence-electron chi connectivity index (χ3n) is 2.26. The van der Waals surface area contributed by atoms with Gasteiger partial charge >= 0.3 is 5.97 Å². The number of dihydropyridines is 1. The molecular formula is C13H13NO2. The van der Waals surface area contributed by atoms with E-state index in [2.05, 4.69) is 5.32 Å². The van der Waals surface area contributed by atoms with Crippen LogP contribution in [0.3, 0.4) is 0 Å². The number of ether oxygens (including phenoxy) is 1. The largest absolute Gasteiger partial charge is 0.459 e. The number of allylic oxidation sites excluding steroid dienone is 2. The monoisotopic (exact) mass is 215 g/mol. The fraction of sp³-hybridized carbons (Fsp3) is 0.154. The van der Waals surface area contributed by atoms with Gasteiger partial charge in [-0.25, -0.2) is 4.79 Å². The molecule has 0 aromatic heterocycles. The topological polar surface area (TPSA) is 38.3 Å². The Morgan fingerprint density at radius 1 is 1.25 bits per heavy atom. The van der Waals surface area contributed by atoms with E-state index in [4.69, 9.17) is 4.74 Å². The first kappa shape index (κ1) is 10.5. The molecule has 0 bridgehead atoms. The number of esters is 1. The van der Waals surface area contributed by atoms with Crippen LogP contribution in [-0.2, 0) is 16.1 Å². The van der Waals surface area contributed by atoms with Gasteiger partial charge in [-0.1, -0.05) is 42.5 Å². The summed E-state index contributed by atoms with van der Waals surface area (Å²) in [5.74, 6) is -0.260. The van der Waals surface area contributed by atoms with Crippen LogP contribution >= 0.6 is 0 Å². The smallest absolute Gasteiger partial charge is 0.332 e. The summed E-state index contributed by atoms with van der Waals surface area (Å²) in [6, 6.07) is 9.26. The Morgan fingerprint density at radius 2 is 2.06 bits per heavy atom. The molecule has 1 aromatic rings. The Labute approximate surface area is 94.4 Å². The Balaban J connectivity index is 1.84. The molecule has 0 saturated carbocycles. The Hall–Kier alpha value is -2.03. The minimum atomic E-state index is -0.367. The molecule has 1 unspecified atom stereocenters. The molecule has 1 aliphatic rings. The molecule has 0 aliphatic carbocycles. The van der Waals surface area contributed by atoms with Crippen molar-refractivity contribution in [3.63, 3.8) is 0 Å². The number of hydrogen-bond acceptors (Lipinski definition) is 3. The van der Waals surface area contributed by atoms with Crippen LogP contribution in [0.1, 0.15) is 5.56 Å². The average molecular weight is 215 g/mol. The molecule has 16 heavy (non-hydrogen) atoms. The third-order valence-corrected chi connectivity index (χ3v) is 2.26. The Kier molecular flexibility index (Phi) is 3.38. The molecule has 1 aliphatic heterocycles. The van der Waals surface area contributed by atoms with E-state index in [1.54, 1.807) is 12.3 Å². The lowest BCUT2D eigenvalue weighted by Gasteiger charge is -2.14. The van der Waals surface area contributed by atoms with Crippen LogP contribution in [0.4, 0.5) is 0 Å². The van der Waals surface area contributed by atoms with Crippen LogP contribution in [0.5, 0.6) is 0 Å². The molecule has 1 heterocycles. The van der Waals surface area contributed by atoms with E-state index in [1.807, 2.05) is 42.5 Å². The van der Waals surface area contributed by atoms with Gasteiger partial charge in [0.05, 0.1) is 0 Å². The molecule has 0 fully saturated rings. The number of benzene rings is 1. The highest BCUT2D eigenvalue weighted by atomic mass is 16.5. The second-order valence-corrected chi connectivity index (χ2v) is 3.48. The van der Waals surface area contributed by atoms with E-state index in [0.717, 1.165) is 5.56 Å². The van der Waals surface area contributed by atoms with Crippen LogP contribution in [0, 0.1) is 0 Å². The molecule has 3 nitrogen and oxygen atoms in total. The molecule has 0 saturated heterocycles. The average Bonchev–Trinajstić information content (AvgIpc) is 2.38. The van der Waals surface area contributed by atoms with Crippen molar-refractivity contribution < 1.29 is 9.53 Å². The number of carbonyl (C=O) groups excluding carboxylic acids is 1. The molecule has 0 spiro atoms. The molecule has 1 N–H and O–H groups in total. The second kappa shape index (κ2) is 5.16. The first-order valence-corrected chi connectivity index (χ1v) is 5.16. The number of hydrogen-bond donors (Lipinski definition) is 1. The van der Waals surface area contributed by atoms with Crippen molar-refractivity contribution in [2.45, 2.75) is 12.6 Å². The Morgan fingerprint density at radius 3 is 2.75 bits per heavy atom. The van der Waals surface area contributed by atoms with E-state index < -0.39 is 0 Å². The maximum Gasteiger partial charge on any atom is 0.332 e. The van der Waals surface area contributed by atoms with Crippen molar-refractivity contribution in [2.24, 2.45) is 0 Å². The summed E-state index contributed by atoms with van der Waals surface area (Å²) in [4.78, 5) is 11.6. The first-order valence-electron chi connectivity index (χ1n) is 5.16. The molecule has 0 radical (unpaired) electrons. The summed E-state index contributed by atoms with van der Waals surface area (Å²) in [5, 5.41) is 2.91. The van der Waals surface area contributed by atoms with Crippen LogP contribution < -0.4 is 5.32 Å². The van der Waals surface area contributed by atoms with Crippen molar-refractivity contribution in [2.75, 3.05) is 0 Å². The molecule has 82 valence electrons. The summed E-state index contributed by atoms with van der Waals surface area (Å²) < 4.78 is 5.18. The summed E-state index contributed by atoms with van der Waals surface area (Å²) in [5.41, 5.74) is 0.992. The summed E-state index contributed by atoms with van der Waals surface area (Å²) >= 11 is 0. The zero-order valence-corrected chi connectivity index (χ0v) is 8.80. The quantitative estimate of drug-likeness (QED) is 0.781. The SMILES string of the molecule is O=C(OCc1ccccc1)C1C=CC=CN1. The highest BCUT2D eigenvalue weighted by Crippen LogP contribution is 2.03. The van der Waals surface area contributed by atoms with E-state index in [0.29, 0.717) is 6.61 Å². The van der Waals surface area contributed by atoms with E-state index >= 15 is 0 Å². The van der Waals surface area contributed by atoms with Crippen LogP contribution in [0.25, 0.3) is 0 Å². The summed E-state index contributed by atoms with van der Waals surface area (Å²) in [6.07, 6.45) is 7.16.